The molecule has 1 fully saturated rings. The van der Waals surface area contributed by atoms with Crippen LogP contribution in [-0.2, 0) is 20.1 Å². The highest BCUT2D eigenvalue weighted by atomic mass is 32.1. The average Bonchev–Trinajstić information content (AvgIpc) is 3.05. The summed E-state index contributed by atoms with van der Waals surface area (Å²) in [5.41, 5.74) is 0.512. The first-order valence-corrected chi connectivity index (χ1v) is 18.3. The molecule has 0 spiro atoms. The van der Waals surface area contributed by atoms with Gasteiger partial charge in [-0.05, 0) is 48.5 Å². The topological polar surface area (TPSA) is 86.6 Å². The van der Waals surface area contributed by atoms with Gasteiger partial charge in [-0.15, -0.1) is 0 Å². The van der Waals surface area contributed by atoms with Gasteiger partial charge in [0.15, 0.2) is 21.7 Å². The number of thiocarbonyl (C=S) groups is 1. The van der Waals surface area contributed by atoms with Crippen LogP contribution in [0.15, 0.2) is 11.0 Å². The van der Waals surface area contributed by atoms with Gasteiger partial charge < -0.3 is 24.2 Å². The van der Waals surface area contributed by atoms with Crippen molar-refractivity contribution >= 4 is 39.8 Å². The third-order valence-corrected chi connectivity index (χ3v) is 17.1. The van der Waals surface area contributed by atoms with Crippen molar-refractivity contribution in [3.05, 3.63) is 22.2 Å². The van der Waals surface area contributed by atoms with E-state index < -0.39 is 22.9 Å². The van der Waals surface area contributed by atoms with Gasteiger partial charge in [0.1, 0.15) is 18.1 Å². The highest BCUT2D eigenvalue weighted by Gasteiger charge is 2.46. The molecule has 3 atom stereocenters. The van der Waals surface area contributed by atoms with Gasteiger partial charge in [0, 0.05) is 24.7 Å². The quantitative estimate of drug-likeness (QED) is 0.406. The van der Waals surface area contributed by atoms with Crippen molar-refractivity contribution in [2.24, 2.45) is 0 Å². The van der Waals surface area contributed by atoms with Gasteiger partial charge in [0.2, 0.25) is 0 Å². The van der Waals surface area contributed by atoms with Crippen LogP contribution in [0.5, 0.6) is 0 Å². The van der Waals surface area contributed by atoms with Gasteiger partial charge in [-0.3, -0.25) is 4.57 Å². The molecular weight excluding hydrogens is 485 g/mol. The van der Waals surface area contributed by atoms with Crippen molar-refractivity contribution in [1.29, 1.82) is 0 Å². The molecule has 1 saturated heterocycles. The van der Waals surface area contributed by atoms with Crippen molar-refractivity contribution in [2.45, 2.75) is 109 Å². The van der Waals surface area contributed by atoms with Crippen LogP contribution < -0.4 is 16.3 Å². The SMILES string of the molecule is CC(C)(C)[Si](C)(C)OC[C@H]1O[C@@H](n2cc3c(nc2=O)NC(=S)NC3)C[C@@H]1O[Si](C)(C)C(C)(C)C. The van der Waals surface area contributed by atoms with E-state index >= 15 is 0 Å². The minimum Gasteiger partial charge on any atom is -0.414 e. The summed E-state index contributed by atoms with van der Waals surface area (Å²) in [7, 11) is -4.03. The smallest absolute Gasteiger partial charge is 0.351 e. The van der Waals surface area contributed by atoms with E-state index in [1.165, 1.54) is 0 Å². The number of nitrogens with one attached hydrogen (secondary N) is 2. The number of anilines is 1. The Morgan fingerprint density at radius 1 is 1.15 bits per heavy atom. The minimum absolute atomic E-state index is 0.0654. The van der Waals surface area contributed by atoms with Gasteiger partial charge in [0.25, 0.3) is 0 Å². The second kappa shape index (κ2) is 9.40. The van der Waals surface area contributed by atoms with Gasteiger partial charge in [-0.2, -0.15) is 4.98 Å². The summed E-state index contributed by atoms with van der Waals surface area (Å²) in [4.78, 5) is 17.1. The molecular formula is C23H42N4O4SSi2. The van der Waals surface area contributed by atoms with Crippen LogP contribution in [0.2, 0.25) is 36.3 Å². The first-order valence-electron chi connectivity index (χ1n) is 12.1. The fraction of sp³-hybridized carbons (Fsp3) is 0.783. The van der Waals surface area contributed by atoms with E-state index in [1.54, 1.807) is 4.57 Å². The summed E-state index contributed by atoms with van der Waals surface area (Å²) >= 11 is 5.14. The number of fused-ring (bicyclic) bond motifs is 1. The molecule has 1 aromatic heterocycles. The number of hydrogen-bond donors (Lipinski definition) is 2. The molecule has 0 aromatic carbocycles. The lowest BCUT2D eigenvalue weighted by Gasteiger charge is -2.40. The van der Waals surface area contributed by atoms with Crippen LogP contribution in [0.4, 0.5) is 5.82 Å². The summed E-state index contributed by atoms with van der Waals surface area (Å²) in [5.74, 6) is 0.509. The fourth-order valence-corrected chi connectivity index (χ4v) is 6.03. The Kier molecular flexibility index (Phi) is 7.59. The Balaban J connectivity index is 1.87. The number of ether oxygens (including phenoxy) is 1. The zero-order valence-electron chi connectivity index (χ0n) is 22.4. The Hall–Kier alpha value is -1.12. The lowest BCUT2D eigenvalue weighted by atomic mass is 10.2. The minimum atomic E-state index is -2.06. The molecule has 1 aromatic rings. The lowest BCUT2D eigenvalue weighted by molar-refractivity contribution is -0.0412. The van der Waals surface area contributed by atoms with Gasteiger partial charge >= 0.3 is 5.69 Å². The first kappa shape index (κ1) is 27.5. The van der Waals surface area contributed by atoms with Crippen molar-refractivity contribution in [2.75, 3.05) is 11.9 Å². The second-order valence-corrected chi connectivity index (χ2v) is 22.4. The van der Waals surface area contributed by atoms with Crippen LogP contribution >= 0.6 is 12.2 Å². The second-order valence-electron chi connectivity index (χ2n) is 12.5. The van der Waals surface area contributed by atoms with E-state index in [-0.39, 0.29) is 28.0 Å². The molecule has 0 saturated carbocycles. The van der Waals surface area contributed by atoms with E-state index in [1.807, 2.05) is 6.20 Å². The normalized spacial score (nSPS) is 23.9. The van der Waals surface area contributed by atoms with Gasteiger partial charge in [0.05, 0.1) is 12.7 Å². The maximum Gasteiger partial charge on any atom is 0.351 e. The fourth-order valence-electron chi connectivity index (χ4n) is 3.49. The summed E-state index contributed by atoms with van der Waals surface area (Å²) < 4.78 is 21.4. The zero-order valence-corrected chi connectivity index (χ0v) is 25.2. The van der Waals surface area contributed by atoms with Crippen LogP contribution in [0.25, 0.3) is 0 Å². The van der Waals surface area contributed by atoms with E-state index in [0.29, 0.717) is 30.5 Å². The third-order valence-electron chi connectivity index (χ3n) is 7.86. The molecule has 192 valence electrons. The molecule has 0 bridgehead atoms. The van der Waals surface area contributed by atoms with Crippen LogP contribution in [0, 0.1) is 0 Å². The molecule has 2 N–H and O–H groups in total. The zero-order chi connectivity index (χ0) is 25.7. The van der Waals surface area contributed by atoms with Crippen LogP contribution in [0.1, 0.15) is 59.8 Å². The summed E-state index contributed by atoms with van der Waals surface area (Å²) in [5, 5.41) is 6.67. The molecule has 0 aliphatic carbocycles. The largest absolute Gasteiger partial charge is 0.414 e. The van der Waals surface area contributed by atoms with Crippen LogP contribution in [-0.4, -0.2) is 50.1 Å². The summed E-state index contributed by atoms with van der Waals surface area (Å²) in [6.45, 7) is 23.3. The highest BCUT2D eigenvalue weighted by Crippen LogP contribution is 2.42. The molecule has 0 radical (unpaired) electrons. The lowest BCUT2D eigenvalue weighted by Crippen LogP contribution is -2.48. The van der Waals surface area contributed by atoms with Crippen molar-refractivity contribution < 1.29 is 13.6 Å². The van der Waals surface area contributed by atoms with E-state index in [2.05, 4.69) is 83.3 Å². The molecule has 0 unspecified atom stereocenters. The summed E-state index contributed by atoms with van der Waals surface area (Å²) in [6, 6.07) is 0. The predicted molar refractivity (Wildman–Crippen MR) is 145 cm³/mol. The molecule has 3 rings (SSSR count). The van der Waals surface area contributed by atoms with Gasteiger partial charge in [-0.25, -0.2) is 4.79 Å². The monoisotopic (exact) mass is 526 g/mol. The molecule has 34 heavy (non-hydrogen) atoms. The molecule has 2 aliphatic rings. The molecule has 8 nitrogen and oxygen atoms in total. The van der Waals surface area contributed by atoms with E-state index in [9.17, 15) is 4.79 Å². The molecule has 2 aliphatic heterocycles. The van der Waals surface area contributed by atoms with Crippen molar-refractivity contribution in [1.82, 2.24) is 14.9 Å². The predicted octanol–water partition coefficient (Wildman–Crippen LogP) is 4.74. The highest BCUT2D eigenvalue weighted by molar-refractivity contribution is 7.80. The summed E-state index contributed by atoms with van der Waals surface area (Å²) in [6.07, 6.45) is 1.54. The van der Waals surface area contributed by atoms with Crippen LogP contribution in [0.3, 0.4) is 0 Å². The molecule has 3 heterocycles. The number of aromatic nitrogens is 2. The Morgan fingerprint density at radius 3 is 2.35 bits per heavy atom. The number of nitrogens with zero attached hydrogens (tertiary/aromatic N) is 2. The molecule has 11 heteroatoms. The van der Waals surface area contributed by atoms with Crippen molar-refractivity contribution in [3.8, 4) is 0 Å². The Bertz CT molecular complexity index is 985. The first-order chi connectivity index (χ1) is 15.4. The number of rotatable bonds is 6. The average molecular weight is 527 g/mol. The van der Waals surface area contributed by atoms with Gasteiger partial charge in [-0.1, -0.05) is 41.5 Å². The maximum absolute atomic E-state index is 12.9. The van der Waals surface area contributed by atoms with E-state index in [0.717, 1.165) is 5.56 Å². The third kappa shape index (κ3) is 5.81. The van der Waals surface area contributed by atoms with Crippen molar-refractivity contribution in [3.63, 3.8) is 0 Å². The maximum atomic E-state index is 12.9. The number of hydrogen-bond acceptors (Lipinski definition) is 6. The van der Waals surface area contributed by atoms with E-state index in [4.69, 9.17) is 25.8 Å². The Morgan fingerprint density at radius 2 is 1.76 bits per heavy atom. The standard InChI is InChI=1S/C23H42N4O4SSi2/c1-22(2,3)33(7,8)29-14-17-16(31-34(9,10)23(4,5)6)11-18(30-17)27-13-15-12-24-20(32)25-19(15)26-21(27)28/h13,16-18H,11-12,14H2,1-10H3,(H2,24,25,26,28,32)/t16-,17+,18+/m0/s1. The molecule has 0 amide bonds. The Labute approximate surface area is 211 Å².